The van der Waals surface area contributed by atoms with E-state index < -0.39 is 0 Å². The fourth-order valence-electron chi connectivity index (χ4n) is 0.233. The normalized spacial score (nSPS) is 12.9. The molecule has 2 nitrogen and oxygen atoms in total. The summed E-state index contributed by atoms with van der Waals surface area (Å²) in [5.41, 5.74) is 0. The number of methoxy groups -OCH3 is 1. The molecule has 0 heterocycles. The first-order chi connectivity index (χ1) is 3.66. The van der Waals surface area contributed by atoms with Crippen molar-refractivity contribution in [3.8, 4) is 0 Å². The number of hydrogen-bond acceptors (Lipinski definition) is 2. The first-order valence-corrected chi connectivity index (χ1v) is 3.04. The summed E-state index contributed by atoms with van der Waals surface area (Å²) in [7, 11) is 1.60. The highest BCUT2D eigenvalue weighted by Crippen LogP contribution is 1.84. The van der Waals surface area contributed by atoms with Crippen molar-refractivity contribution >= 4 is 29.2 Å². The maximum absolute atomic E-state index is 4.81. The molecule has 1 unspecified atom stereocenters. The van der Waals surface area contributed by atoms with Crippen LogP contribution in [-0.4, -0.2) is 17.7 Å². The Balaban J connectivity index is 3.24. The lowest BCUT2D eigenvalue weighted by Crippen LogP contribution is -2.29. The molecule has 0 spiro atoms. The van der Waals surface area contributed by atoms with Gasteiger partial charge >= 0.3 is 0 Å². The molecule has 0 aromatic carbocycles. The van der Waals surface area contributed by atoms with Crippen LogP contribution in [0.3, 0.4) is 0 Å². The Morgan fingerprint density at radius 1 is 1.88 bits per heavy atom. The third kappa shape index (κ3) is 4.36. The molecule has 0 radical (unpaired) electrons. The van der Waals surface area contributed by atoms with Crippen molar-refractivity contribution in [2.45, 2.75) is 13.2 Å². The molecule has 0 saturated carbocycles. The van der Waals surface area contributed by atoms with Gasteiger partial charge in [0, 0.05) is 7.11 Å². The second-order valence-electron chi connectivity index (χ2n) is 1.33. The Bertz CT molecular complexity index is 86.1. The molecule has 0 amide bonds. The lowest BCUT2D eigenvalue weighted by atomic mass is 10.7. The molecule has 0 aromatic heterocycles. The predicted molar refractivity (Wildman–Crippen MR) is 41.2 cm³/mol. The van der Waals surface area contributed by atoms with Crippen molar-refractivity contribution in [1.82, 2.24) is 5.32 Å². The van der Waals surface area contributed by atoms with Gasteiger partial charge in [-0.3, -0.25) is 0 Å². The maximum atomic E-state index is 4.81. The number of thiocarbonyl (C=S) groups is 1. The SMILES string of the molecule is COC(C)NC(=S)S. The van der Waals surface area contributed by atoms with Crippen molar-refractivity contribution in [3.05, 3.63) is 0 Å². The van der Waals surface area contributed by atoms with Crippen molar-refractivity contribution in [1.29, 1.82) is 0 Å². The summed E-state index contributed by atoms with van der Waals surface area (Å²) in [4.78, 5) is 0. The molecule has 0 rings (SSSR count). The van der Waals surface area contributed by atoms with Crippen molar-refractivity contribution in [2.75, 3.05) is 7.11 Å². The van der Waals surface area contributed by atoms with Gasteiger partial charge in [-0.1, -0.05) is 12.2 Å². The third-order valence-electron chi connectivity index (χ3n) is 0.680. The van der Waals surface area contributed by atoms with E-state index >= 15 is 0 Å². The fourth-order valence-corrected chi connectivity index (χ4v) is 0.581. The molecule has 1 N–H and O–H groups in total. The molecule has 0 aliphatic rings. The van der Waals surface area contributed by atoms with Crippen LogP contribution in [0.25, 0.3) is 0 Å². The Morgan fingerprint density at radius 2 is 2.38 bits per heavy atom. The number of ether oxygens (including phenoxy) is 1. The molecule has 8 heavy (non-hydrogen) atoms. The molecule has 0 aliphatic heterocycles. The summed E-state index contributed by atoms with van der Waals surface area (Å²) >= 11 is 8.44. The summed E-state index contributed by atoms with van der Waals surface area (Å²) in [6.45, 7) is 1.85. The highest BCUT2D eigenvalue weighted by atomic mass is 32.1. The van der Waals surface area contributed by atoms with E-state index in [1.165, 1.54) is 0 Å². The zero-order valence-electron chi connectivity index (χ0n) is 4.84. The van der Waals surface area contributed by atoms with Gasteiger partial charge in [-0.05, 0) is 6.92 Å². The molecule has 0 aliphatic carbocycles. The summed E-state index contributed by atoms with van der Waals surface area (Å²) < 4.78 is 5.27. The second kappa shape index (κ2) is 4.12. The van der Waals surface area contributed by atoms with Crippen LogP contribution in [0.15, 0.2) is 0 Å². The van der Waals surface area contributed by atoms with Crippen LogP contribution in [0.2, 0.25) is 0 Å². The van der Waals surface area contributed by atoms with Gasteiger partial charge in [0.2, 0.25) is 0 Å². The Morgan fingerprint density at radius 3 is 2.50 bits per heavy atom. The zero-order valence-corrected chi connectivity index (χ0v) is 6.55. The average Bonchev–Trinajstić information content (AvgIpc) is 1.65. The van der Waals surface area contributed by atoms with Crippen molar-refractivity contribution in [2.24, 2.45) is 0 Å². The second-order valence-corrected chi connectivity index (χ2v) is 2.49. The fraction of sp³-hybridized carbons (Fsp3) is 0.750. The van der Waals surface area contributed by atoms with E-state index in [4.69, 9.17) is 4.74 Å². The van der Waals surface area contributed by atoms with Gasteiger partial charge in [0.15, 0.2) is 0 Å². The van der Waals surface area contributed by atoms with E-state index in [0.29, 0.717) is 4.32 Å². The molecule has 0 fully saturated rings. The number of nitrogens with one attached hydrogen (secondary N) is 1. The Hall–Kier alpha value is 0.200. The molecule has 48 valence electrons. The van der Waals surface area contributed by atoms with Gasteiger partial charge in [0.1, 0.15) is 10.5 Å². The van der Waals surface area contributed by atoms with Gasteiger partial charge in [0.25, 0.3) is 0 Å². The van der Waals surface area contributed by atoms with Gasteiger partial charge in [0.05, 0.1) is 0 Å². The molecule has 0 bridgehead atoms. The van der Waals surface area contributed by atoms with Crippen molar-refractivity contribution < 1.29 is 4.74 Å². The molecule has 4 heteroatoms. The summed E-state index contributed by atoms with van der Waals surface area (Å²) in [5.74, 6) is 0. The summed E-state index contributed by atoms with van der Waals surface area (Å²) in [6.07, 6.45) is -0.0417. The van der Waals surface area contributed by atoms with E-state index in [1.54, 1.807) is 7.11 Å². The number of thiol groups is 1. The van der Waals surface area contributed by atoms with Gasteiger partial charge in [-0.25, -0.2) is 0 Å². The molecular formula is C4H9NOS2. The maximum Gasteiger partial charge on any atom is 0.132 e. The van der Waals surface area contributed by atoms with Gasteiger partial charge in [-0.2, -0.15) is 0 Å². The Labute approximate surface area is 60.0 Å². The summed E-state index contributed by atoms with van der Waals surface area (Å²) in [5, 5.41) is 2.77. The third-order valence-corrected chi connectivity index (χ3v) is 0.927. The smallest absolute Gasteiger partial charge is 0.132 e. The molecular weight excluding hydrogens is 142 g/mol. The number of rotatable bonds is 2. The Kier molecular flexibility index (Phi) is 4.22. The van der Waals surface area contributed by atoms with Crippen molar-refractivity contribution in [3.63, 3.8) is 0 Å². The van der Waals surface area contributed by atoms with Crippen LogP contribution in [0, 0.1) is 0 Å². The first kappa shape index (κ1) is 8.20. The van der Waals surface area contributed by atoms with Crippen LogP contribution < -0.4 is 5.32 Å². The van der Waals surface area contributed by atoms with E-state index in [1.807, 2.05) is 6.92 Å². The first-order valence-electron chi connectivity index (χ1n) is 2.19. The minimum absolute atomic E-state index is 0.0417. The average molecular weight is 151 g/mol. The minimum atomic E-state index is -0.0417. The topological polar surface area (TPSA) is 21.3 Å². The largest absolute Gasteiger partial charge is 0.362 e. The lowest BCUT2D eigenvalue weighted by Gasteiger charge is -2.09. The summed E-state index contributed by atoms with van der Waals surface area (Å²) in [6, 6.07) is 0. The van der Waals surface area contributed by atoms with E-state index in [2.05, 4.69) is 30.2 Å². The van der Waals surface area contributed by atoms with Crippen LogP contribution in [-0.2, 0) is 4.74 Å². The zero-order chi connectivity index (χ0) is 6.57. The predicted octanol–water partition coefficient (Wildman–Crippen LogP) is 0.783. The highest BCUT2D eigenvalue weighted by Gasteiger charge is 1.94. The molecule has 1 atom stereocenters. The standard InChI is InChI=1S/C4H9NOS2/c1-3(6-2)5-4(7)8/h3H,1-2H3,(H2,5,7,8). The quantitative estimate of drug-likeness (QED) is 0.346. The molecule has 0 aromatic rings. The van der Waals surface area contributed by atoms with Gasteiger partial charge < -0.3 is 10.1 Å². The monoisotopic (exact) mass is 151 g/mol. The van der Waals surface area contributed by atoms with Crippen LogP contribution in [0.4, 0.5) is 0 Å². The van der Waals surface area contributed by atoms with E-state index in [0.717, 1.165) is 0 Å². The van der Waals surface area contributed by atoms with Gasteiger partial charge in [-0.15, -0.1) is 12.6 Å². The minimum Gasteiger partial charge on any atom is -0.362 e. The highest BCUT2D eigenvalue weighted by molar-refractivity contribution is 8.11. The van der Waals surface area contributed by atoms with Crippen LogP contribution >= 0.6 is 24.8 Å². The lowest BCUT2D eigenvalue weighted by molar-refractivity contribution is 0.108. The van der Waals surface area contributed by atoms with E-state index in [-0.39, 0.29) is 6.23 Å². The van der Waals surface area contributed by atoms with E-state index in [9.17, 15) is 0 Å². The molecule has 0 saturated heterocycles. The van der Waals surface area contributed by atoms with Crippen LogP contribution in [0.1, 0.15) is 6.92 Å². The number of hydrogen-bond donors (Lipinski definition) is 2. The van der Waals surface area contributed by atoms with Crippen LogP contribution in [0.5, 0.6) is 0 Å².